The van der Waals surface area contributed by atoms with Gasteiger partial charge in [-0.2, -0.15) is 5.10 Å². The SMILES string of the molecule is Cc1cc2c3c(n1)c(-c1ccc(Cl)cc1Cl)nn3CCN2C(C)C. The molecule has 124 valence electrons. The number of halogens is 2. The average Bonchev–Trinajstić information content (AvgIpc) is 2.86. The highest BCUT2D eigenvalue weighted by molar-refractivity contribution is 6.36. The third-order valence-electron chi connectivity index (χ3n) is 4.48. The Kier molecular flexibility index (Phi) is 3.70. The molecule has 0 radical (unpaired) electrons. The Hall–Kier alpha value is -1.78. The average molecular weight is 361 g/mol. The van der Waals surface area contributed by atoms with E-state index in [1.165, 1.54) is 5.69 Å². The quantitative estimate of drug-likeness (QED) is 0.648. The number of rotatable bonds is 2. The number of hydrogen-bond donors (Lipinski definition) is 0. The number of aryl methyl sites for hydroxylation is 1. The van der Waals surface area contributed by atoms with Gasteiger partial charge in [0.15, 0.2) is 0 Å². The standard InChI is InChI=1S/C18H18Cl2N4/c1-10(2)23-6-7-24-18-15(23)8-11(3)21-17(18)16(22-24)13-5-4-12(19)9-14(13)20/h4-5,8-10H,6-7H2,1-3H3. The van der Waals surface area contributed by atoms with Crippen molar-refractivity contribution in [3.63, 3.8) is 0 Å². The van der Waals surface area contributed by atoms with E-state index in [9.17, 15) is 0 Å². The van der Waals surface area contributed by atoms with Gasteiger partial charge in [0.05, 0.1) is 17.3 Å². The molecule has 1 aliphatic rings. The van der Waals surface area contributed by atoms with Crippen LogP contribution in [0.5, 0.6) is 0 Å². The van der Waals surface area contributed by atoms with Crippen molar-refractivity contribution >= 4 is 39.9 Å². The second-order valence-electron chi connectivity index (χ2n) is 6.46. The van der Waals surface area contributed by atoms with E-state index in [4.69, 9.17) is 33.3 Å². The summed E-state index contributed by atoms with van der Waals surface area (Å²) in [6.07, 6.45) is 0. The van der Waals surface area contributed by atoms with Gasteiger partial charge in [-0.15, -0.1) is 0 Å². The molecule has 3 heterocycles. The van der Waals surface area contributed by atoms with Crippen LogP contribution in [0.25, 0.3) is 22.3 Å². The summed E-state index contributed by atoms with van der Waals surface area (Å²) < 4.78 is 2.05. The van der Waals surface area contributed by atoms with E-state index in [1.807, 2.05) is 19.1 Å². The van der Waals surface area contributed by atoms with E-state index in [-0.39, 0.29) is 0 Å². The van der Waals surface area contributed by atoms with Gasteiger partial charge >= 0.3 is 0 Å². The van der Waals surface area contributed by atoms with Crippen molar-refractivity contribution < 1.29 is 0 Å². The number of hydrogen-bond acceptors (Lipinski definition) is 3. The van der Waals surface area contributed by atoms with Crippen LogP contribution in [0.2, 0.25) is 10.0 Å². The molecule has 0 spiro atoms. The molecule has 6 heteroatoms. The molecule has 1 aliphatic heterocycles. The fourth-order valence-electron chi connectivity index (χ4n) is 3.39. The fourth-order valence-corrected chi connectivity index (χ4v) is 3.89. The summed E-state index contributed by atoms with van der Waals surface area (Å²) in [7, 11) is 0. The largest absolute Gasteiger partial charge is 0.365 e. The maximum Gasteiger partial charge on any atom is 0.120 e. The van der Waals surface area contributed by atoms with Crippen LogP contribution in [0, 0.1) is 6.92 Å². The van der Waals surface area contributed by atoms with Crippen molar-refractivity contribution in [2.24, 2.45) is 0 Å². The first kappa shape index (κ1) is 15.7. The predicted octanol–water partition coefficient (Wildman–Crippen LogP) is 4.94. The molecule has 4 rings (SSSR count). The summed E-state index contributed by atoms with van der Waals surface area (Å²) in [5.74, 6) is 0. The van der Waals surface area contributed by atoms with E-state index in [0.717, 1.165) is 41.1 Å². The minimum atomic E-state index is 0.432. The third kappa shape index (κ3) is 2.36. The lowest BCUT2D eigenvalue weighted by Gasteiger charge is -2.33. The monoisotopic (exact) mass is 360 g/mol. The topological polar surface area (TPSA) is 34.0 Å². The minimum absolute atomic E-state index is 0.432. The zero-order valence-electron chi connectivity index (χ0n) is 13.8. The lowest BCUT2D eigenvalue weighted by molar-refractivity contribution is 0.563. The van der Waals surface area contributed by atoms with Gasteiger partial charge in [-0.1, -0.05) is 23.2 Å². The Morgan fingerprint density at radius 3 is 2.62 bits per heavy atom. The van der Waals surface area contributed by atoms with Crippen molar-refractivity contribution in [1.82, 2.24) is 14.8 Å². The fraction of sp³-hybridized carbons (Fsp3) is 0.333. The van der Waals surface area contributed by atoms with E-state index in [2.05, 4.69) is 29.5 Å². The Bertz CT molecular complexity index is 946. The maximum absolute atomic E-state index is 6.42. The number of benzene rings is 1. The van der Waals surface area contributed by atoms with Gasteiger partial charge in [-0.3, -0.25) is 4.68 Å². The predicted molar refractivity (Wildman–Crippen MR) is 100 cm³/mol. The van der Waals surface area contributed by atoms with Gasteiger partial charge < -0.3 is 4.90 Å². The molecule has 0 saturated heterocycles. The van der Waals surface area contributed by atoms with Gasteiger partial charge in [0.25, 0.3) is 0 Å². The number of anilines is 1. The molecule has 3 aromatic rings. The zero-order valence-corrected chi connectivity index (χ0v) is 15.4. The van der Waals surface area contributed by atoms with E-state index in [1.54, 1.807) is 6.07 Å². The molecular weight excluding hydrogens is 343 g/mol. The molecule has 0 bridgehead atoms. The summed E-state index contributed by atoms with van der Waals surface area (Å²) in [6, 6.07) is 8.08. The Labute approximate surface area is 151 Å². The lowest BCUT2D eigenvalue weighted by atomic mass is 10.1. The molecule has 0 fully saturated rings. The molecule has 2 aromatic heterocycles. The van der Waals surface area contributed by atoms with Gasteiger partial charge in [0, 0.05) is 28.9 Å². The van der Waals surface area contributed by atoms with Crippen LogP contribution >= 0.6 is 23.2 Å². The van der Waals surface area contributed by atoms with Crippen LogP contribution in [0.3, 0.4) is 0 Å². The highest BCUT2D eigenvalue weighted by Gasteiger charge is 2.26. The smallest absolute Gasteiger partial charge is 0.120 e. The maximum atomic E-state index is 6.42. The van der Waals surface area contributed by atoms with Gasteiger partial charge in [-0.25, -0.2) is 4.98 Å². The van der Waals surface area contributed by atoms with Crippen molar-refractivity contribution in [1.29, 1.82) is 0 Å². The van der Waals surface area contributed by atoms with Crippen LogP contribution in [0.4, 0.5) is 5.69 Å². The Morgan fingerprint density at radius 2 is 1.92 bits per heavy atom. The summed E-state index contributed by atoms with van der Waals surface area (Å²) in [4.78, 5) is 7.18. The number of pyridine rings is 1. The number of aromatic nitrogens is 3. The van der Waals surface area contributed by atoms with Crippen molar-refractivity contribution in [3.8, 4) is 11.3 Å². The summed E-state index contributed by atoms with van der Waals surface area (Å²) in [5, 5.41) is 6.03. The van der Waals surface area contributed by atoms with E-state index < -0.39 is 0 Å². The third-order valence-corrected chi connectivity index (χ3v) is 5.02. The Morgan fingerprint density at radius 1 is 1.12 bits per heavy atom. The van der Waals surface area contributed by atoms with Crippen molar-refractivity contribution in [3.05, 3.63) is 40.0 Å². The first-order valence-corrected chi connectivity index (χ1v) is 8.81. The normalized spacial score (nSPS) is 14.0. The molecular formula is C18H18Cl2N4. The summed E-state index contributed by atoms with van der Waals surface area (Å²) in [6.45, 7) is 8.24. The molecule has 0 unspecified atom stereocenters. The highest BCUT2D eigenvalue weighted by Crippen LogP contribution is 2.39. The second-order valence-corrected chi connectivity index (χ2v) is 7.31. The van der Waals surface area contributed by atoms with Crippen LogP contribution in [0.15, 0.2) is 24.3 Å². The molecule has 4 nitrogen and oxygen atoms in total. The van der Waals surface area contributed by atoms with Crippen LogP contribution in [0.1, 0.15) is 19.5 Å². The molecule has 0 N–H and O–H groups in total. The summed E-state index contributed by atoms with van der Waals surface area (Å²) in [5.41, 5.74) is 5.86. The summed E-state index contributed by atoms with van der Waals surface area (Å²) >= 11 is 12.5. The lowest BCUT2D eigenvalue weighted by Crippen LogP contribution is -2.37. The van der Waals surface area contributed by atoms with Crippen molar-refractivity contribution in [2.75, 3.05) is 11.4 Å². The first-order chi connectivity index (χ1) is 11.5. The molecule has 0 aliphatic carbocycles. The molecule has 24 heavy (non-hydrogen) atoms. The Balaban J connectivity index is 2.02. The number of nitrogens with zero attached hydrogens (tertiary/aromatic N) is 4. The molecule has 0 saturated carbocycles. The second kappa shape index (κ2) is 5.64. The minimum Gasteiger partial charge on any atom is -0.365 e. The molecule has 1 aromatic carbocycles. The van der Waals surface area contributed by atoms with Crippen molar-refractivity contribution in [2.45, 2.75) is 33.4 Å². The van der Waals surface area contributed by atoms with E-state index >= 15 is 0 Å². The van der Waals surface area contributed by atoms with Gasteiger partial charge in [0.1, 0.15) is 16.7 Å². The van der Waals surface area contributed by atoms with E-state index in [0.29, 0.717) is 16.1 Å². The van der Waals surface area contributed by atoms with Gasteiger partial charge in [-0.05, 0) is 45.0 Å². The van der Waals surface area contributed by atoms with Gasteiger partial charge in [0.2, 0.25) is 0 Å². The highest BCUT2D eigenvalue weighted by atomic mass is 35.5. The van der Waals surface area contributed by atoms with Crippen LogP contribution in [-0.4, -0.2) is 27.4 Å². The molecule has 0 atom stereocenters. The van der Waals surface area contributed by atoms with Crippen LogP contribution in [-0.2, 0) is 6.54 Å². The zero-order chi connectivity index (χ0) is 17.0. The van der Waals surface area contributed by atoms with Crippen LogP contribution < -0.4 is 4.90 Å². The molecule has 0 amide bonds. The first-order valence-electron chi connectivity index (χ1n) is 8.06.